The molecular weight excluding hydrogens is 279 g/mol. The third-order valence-electron chi connectivity index (χ3n) is 3.40. The Bertz CT molecular complexity index is 430. The quantitative estimate of drug-likeness (QED) is 0.459. The number of benzene rings is 1. The van der Waals surface area contributed by atoms with Crippen LogP contribution in [0, 0.1) is 0 Å². The van der Waals surface area contributed by atoms with Gasteiger partial charge >= 0.3 is 7.12 Å². The minimum absolute atomic E-state index is 0.166. The van der Waals surface area contributed by atoms with Crippen LogP contribution in [0.3, 0.4) is 0 Å². The highest BCUT2D eigenvalue weighted by atomic mass is 16.7. The first-order valence-electron chi connectivity index (χ1n) is 6.61. The summed E-state index contributed by atoms with van der Waals surface area (Å²) in [6, 6.07) is 8.72. The summed E-state index contributed by atoms with van der Waals surface area (Å²) in [7, 11) is 0.140. The van der Waals surface area contributed by atoms with Crippen LogP contribution < -0.4 is 5.46 Å². The number of hydrogen-bond acceptors (Lipinski definition) is 7. The van der Waals surface area contributed by atoms with Crippen molar-refractivity contribution < 1.29 is 34.5 Å². The first kappa shape index (κ1) is 16.4. The van der Waals surface area contributed by atoms with Crippen molar-refractivity contribution in [1.82, 2.24) is 0 Å². The van der Waals surface area contributed by atoms with E-state index in [4.69, 9.17) is 14.1 Å². The summed E-state index contributed by atoms with van der Waals surface area (Å²) >= 11 is 0. The summed E-state index contributed by atoms with van der Waals surface area (Å²) in [5, 5.41) is 39.1. The summed E-state index contributed by atoms with van der Waals surface area (Å²) in [5.74, 6) is 0. The Kier molecular flexibility index (Phi) is 5.71. The Balaban J connectivity index is 1.93. The molecule has 2 rings (SSSR count). The Morgan fingerprint density at radius 2 is 1.76 bits per heavy atom. The Labute approximate surface area is 122 Å². The minimum atomic E-state index is -1.41. The molecule has 0 unspecified atom stereocenters. The van der Waals surface area contributed by atoms with Gasteiger partial charge in [0.1, 0.15) is 24.4 Å². The highest BCUT2D eigenvalue weighted by Gasteiger charge is 2.44. The molecule has 1 saturated heterocycles. The van der Waals surface area contributed by atoms with E-state index in [1.54, 1.807) is 24.3 Å². The summed E-state index contributed by atoms with van der Waals surface area (Å²) in [5.41, 5.74) is 0.562. The second kappa shape index (κ2) is 7.32. The number of ether oxygens (including phenoxy) is 2. The molecule has 5 atom stereocenters. The summed E-state index contributed by atoms with van der Waals surface area (Å²) < 4.78 is 15.4. The second-order valence-corrected chi connectivity index (χ2v) is 4.85. The van der Waals surface area contributed by atoms with E-state index in [0.29, 0.717) is 5.46 Å². The maximum atomic E-state index is 9.88. The van der Waals surface area contributed by atoms with Crippen LogP contribution in [0.4, 0.5) is 0 Å². The lowest BCUT2D eigenvalue weighted by Crippen LogP contribution is -2.59. The van der Waals surface area contributed by atoms with Gasteiger partial charge in [-0.1, -0.05) is 30.3 Å². The molecule has 0 saturated carbocycles. The molecule has 7 nitrogen and oxygen atoms in total. The molecule has 8 heteroatoms. The number of rotatable bonds is 5. The van der Waals surface area contributed by atoms with Gasteiger partial charge in [0.05, 0.1) is 6.61 Å². The smallest absolute Gasteiger partial charge is 0.423 e. The molecule has 1 aromatic rings. The molecule has 4 N–H and O–H groups in total. The number of aliphatic hydroxyl groups is 3. The van der Waals surface area contributed by atoms with Crippen LogP contribution in [-0.4, -0.2) is 71.9 Å². The normalized spacial score (nSPS) is 32.9. The number of methoxy groups -OCH3 is 1. The fourth-order valence-corrected chi connectivity index (χ4v) is 2.15. The molecule has 0 aromatic heterocycles. The van der Waals surface area contributed by atoms with Gasteiger partial charge in [0.2, 0.25) is 0 Å². The van der Waals surface area contributed by atoms with Crippen molar-refractivity contribution in [2.45, 2.75) is 30.7 Å². The van der Waals surface area contributed by atoms with Crippen LogP contribution in [-0.2, 0) is 14.1 Å². The SMILES string of the molecule is CO[C@H]1O[C@H](COB(O)c2ccccc2)[C@@H](O)[C@H](O)[C@H]1O. The fraction of sp³-hybridized carbons (Fsp3) is 0.538. The third-order valence-corrected chi connectivity index (χ3v) is 3.40. The number of hydrogen-bond donors (Lipinski definition) is 4. The largest absolute Gasteiger partial charge is 0.491 e. The van der Waals surface area contributed by atoms with Crippen LogP contribution in [0.25, 0.3) is 0 Å². The van der Waals surface area contributed by atoms with Crippen LogP contribution >= 0.6 is 0 Å². The van der Waals surface area contributed by atoms with Gasteiger partial charge in [-0.05, 0) is 5.46 Å². The van der Waals surface area contributed by atoms with Crippen molar-refractivity contribution in [3.63, 3.8) is 0 Å². The molecule has 21 heavy (non-hydrogen) atoms. The molecule has 116 valence electrons. The first-order chi connectivity index (χ1) is 10.0. The first-order valence-corrected chi connectivity index (χ1v) is 6.61. The van der Waals surface area contributed by atoms with Gasteiger partial charge in [-0.2, -0.15) is 0 Å². The van der Waals surface area contributed by atoms with Crippen molar-refractivity contribution in [2.24, 2.45) is 0 Å². The summed E-state index contributed by atoms with van der Waals surface area (Å²) in [6.45, 7) is -0.166. The van der Waals surface area contributed by atoms with Gasteiger partial charge in [-0.25, -0.2) is 0 Å². The highest BCUT2D eigenvalue weighted by Crippen LogP contribution is 2.21. The summed E-state index contributed by atoms with van der Waals surface area (Å²) in [6.07, 6.45) is -6.08. The lowest BCUT2D eigenvalue weighted by molar-refractivity contribution is -0.293. The van der Waals surface area contributed by atoms with Crippen molar-refractivity contribution in [3.05, 3.63) is 30.3 Å². The maximum absolute atomic E-state index is 9.88. The highest BCUT2D eigenvalue weighted by molar-refractivity contribution is 6.59. The van der Waals surface area contributed by atoms with Crippen LogP contribution in [0.5, 0.6) is 0 Å². The predicted octanol–water partition coefficient (Wildman–Crippen LogP) is -2.16. The molecule has 1 heterocycles. The Hall–Kier alpha value is -0.995. The van der Waals surface area contributed by atoms with E-state index < -0.39 is 37.8 Å². The average molecular weight is 298 g/mol. The van der Waals surface area contributed by atoms with Gasteiger partial charge in [0.15, 0.2) is 6.29 Å². The van der Waals surface area contributed by atoms with Crippen molar-refractivity contribution in [1.29, 1.82) is 0 Å². The van der Waals surface area contributed by atoms with Gasteiger partial charge < -0.3 is 34.5 Å². The van der Waals surface area contributed by atoms with Gasteiger partial charge in [0.25, 0.3) is 0 Å². The third kappa shape index (κ3) is 3.80. The topological polar surface area (TPSA) is 109 Å². The zero-order valence-corrected chi connectivity index (χ0v) is 11.6. The van der Waals surface area contributed by atoms with E-state index in [-0.39, 0.29) is 6.61 Å². The van der Waals surface area contributed by atoms with Gasteiger partial charge in [0, 0.05) is 7.11 Å². The fourth-order valence-electron chi connectivity index (χ4n) is 2.15. The average Bonchev–Trinajstić information content (AvgIpc) is 2.52. The monoisotopic (exact) mass is 298 g/mol. The van der Waals surface area contributed by atoms with Crippen LogP contribution in [0.2, 0.25) is 0 Å². The molecule has 0 radical (unpaired) electrons. The zero-order valence-electron chi connectivity index (χ0n) is 11.6. The second-order valence-electron chi connectivity index (χ2n) is 4.85. The molecule has 0 bridgehead atoms. The molecule has 0 aliphatic carbocycles. The maximum Gasteiger partial charge on any atom is 0.491 e. The van der Waals surface area contributed by atoms with E-state index in [1.807, 2.05) is 6.07 Å². The van der Waals surface area contributed by atoms with Crippen LogP contribution in [0.15, 0.2) is 30.3 Å². The van der Waals surface area contributed by atoms with Gasteiger partial charge in [-0.15, -0.1) is 0 Å². The standard InChI is InChI=1S/C13H19BO7/c1-19-13-12(17)11(16)10(15)9(21-13)7-20-14(18)8-5-3-2-4-6-8/h2-6,9-13,15-18H,7H2,1H3/t9-,10-,11+,12-,13+/m1/s1. The minimum Gasteiger partial charge on any atom is -0.423 e. The van der Waals surface area contributed by atoms with E-state index in [9.17, 15) is 20.3 Å². The Morgan fingerprint density at radius 1 is 1.10 bits per heavy atom. The predicted molar refractivity (Wildman–Crippen MR) is 73.7 cm³/mol. The molecule has 1 aliphatic rings. The lowest BCUT2D eigenvalue weighted by atomic mass is 9.79. The Morgan fingerprint density at radius 3 is 2.38 bits per heavy atom. The zero-order chi connectivity index (χ0) is 15.4. The molecule has 0 spiro atoms. The molecule has 0 amide bonds. The van der Waals surface area contributed by atoms with Crippen LogP contribution in [0.1, 0.15) is 0 Å². The van der Waals surface area contributed by atoms with Crippen molar-refractivity contribution in [3.8, 4) is 0 Å². The van der Waals surface area contributed by atoms with Crippen molar-refractivity contribution in [2.75, 3.05) is 13.7 Å². The summed E-state index contributed by atoms with van der Waals surface area (Å²) in [4.78, 5) is 0. The van der Waals surface area contributed by atoms with E-state index in [0.717, 1.165) is 0 Å². The lowest BCUT2D eigenvalue weighted by Gasteiger charge is -2.39. The van der Waals surface area contributed by atoms with Gasteiger partial charge in [-0.3, -0.25) is 0 Å². The number of aliphatic hydroxyl groups excluding tert-OH is 3. The van der Waals surface area contributed by atoms with Crippen molar-refractivity contribution >= 4 is 12.6 Å². The molecule has 1 fully saturated rings. The molecule has 1 aliphatic heterocycles. The molecule has 1 aromatic carbocycles. The van der Waals surface area contributed by atoms with E-state index in [1.165, 1.54) is 7.11 Å². The molecular formula is C13H19BO7. The van der Waals surface area contributed by atoms with E-state index >= 15 is 0 Å². The van der Waals surface area contributed by atoms with E-state index in [2.05, 4.69) is 0 Å².